The molecule has 0 N–H and O–H groups in total. The van der Waals surface area contributed by atoms with Crippen LogP contribution in [0.3, 0.4) is 0 Å². The number of nitriles is 1. The lowest BCUT2D eigenvalue weighted by Gasteiger charge is -2.38. The topological polar surface area (TPSA) is 96.9 Å². The molecule has 1 fully saturated rings. The predicted molar refractivity (Wildman–Crippen MR) is 109 cm³/mol. The summed E-state index contributed by atoms with van der Waals surface area (Å²) in [6, 6.07) is 11.1. The van der Waals surface area contributed by atoms with Gasteiger partial charge in [0.15, 0.2) is 0 Å². The fraction of sp³-hybridized carbons (Fsp3) is 0.318. The van der Waals surface area contributed by atoms with Crippen molar-refractivity contribution < 1.29 is 9.53 Å². The van der Waals surface area contributed by atoms with Gasteiger partial charge in [0, 0.05) is 18.3 Å². The number of amides is 1. The summed E-state index contributed by atoms with van der Waals surface area (Å²) in [5, 5.41) is 17.5. The summed E-state index contributed by atoms with van der Waals surface area (Å²) in [5.41, 5.74) is 2.61. The van der Waals surface area contributed by atoms with E-state index in [9.17, 15) is 4.79 Å². The van der Waals surface area contributed by atoms with Crippen molar-refractivity contribution in [3.8, 4) is 17.6 Å². The molecule has 2 atom stereocenters. The van der Waals surface area contributed by atoms with Crippen molar-refractivity contribution >= 4 is 5.91 Å². The van der Waals surface area contributed by atoms with Crippen LogP contribution in [-0.4, -0.2) is 49.5 Å². The van der Waals surface area contributed by atoms with Crippen LogP contribution in [0.15, 0.2) is 48.9 Å². The Morgan fingerprint density at radius 1 is 1.20 bits per heavy atom. The van der Waals surface area contributed by atoms with Gasteiger partial charge in [-0.05, 0) is 44.4 Å². The molecule has 8 heteroatoms. The summed E-state index contributed by atoms with van der Waals surface area (Å²) in [6.07, 6.45) is 6.17. The average molecular weight is 402 g/mol. The zero-order valence-corrected chi connectivity index (χ0v) is 16.9. The molecule has 1 saturated heterocycles. The number of rotatable bonds is 4. The van der Waals surface area contributed by atoms with E-state index >= 15 is 0 Å². The van der Waals surface area contributed by atoms with Crippen LogP contribution >= 0.6 is 0 Å². The SMILES string of the molecule is Cc1cccc(-n2nccn2)c1C(=O)N1C[C@H](Oc2cc(C#N)ccn2)CC[C@H]1C. The summed E-state index contributed by atoms with van der Waals surface area (Å²) in [6.45, 7) is 4.41. The zero-order chi connectivity index (χ0) is 21.1. The first-order valence-corrected chi connectivity index (χ1v) is 9.87. The summed E-state index contributed by atoms with van der Waals surface area (Å²) >= 11 is 0. The van der Waals surface area contributed by atoms with Gasteiger partial charge in [0.2, 0.25) is 5.88 Å². The minimum absolute atomic E-state index is 0.0695. The van der Waals surface area contributed by atoms with Crippen LogP contribution in [0, 0.1) is 18.3 Å². The molecule has 1 aliphatic rings. The Kier molecular flexibility index (Phi) is 5.44. The molecule has 1 aromatic carbocycles. The van der Waals surface area contributed by atoms with E-state index in [1.807, 2.05) is 36.9 Å². The molecule has 0 spiro atoms. The third kappa shape index (κ3) is 3.87. The van der Waals surface area contributed by atoms with Crippen molar-refractivity contribution in [2.75, 3.05) is 6.54 Å². The highest BCUT2D eigenvalue weighted by Crippen LogP contribution is 2.26. The third-order valence-corrected chi connectivity index (χ3v) is 5.35. The minimum Gasteiger partial charge on any atom is -0.472 e. The number of hydrogen-bond donors (Lipinski definition) is 0. The highest BCUT2D eigenvalue weighted by atomic mass is 16.5. The maximum absolute atomic E-state index is 13.6. The average Bonchev–Trinajstić information content (AvgIpc) is 3.29. The van der Waals surface area contributed by atoms with Crippen molar-refractivity contribution in [3.63, 3.8) is 0 Å². The zero-order valence-electron chi connectivity index (χ0n) is 16.9. The number of carbonyl (C=O) groups is 1. The molecule has 0 bridgehead atoms. The lowest BCUT2D eigenvalue weighted by atomic mass is 9.98. The molecule has 0 radical (unpaired) electrons. The van der Waals surface area contributed by atoms with Crippen LogP contribution in [0.4, 0.5) is 0 Å². The van der Waals surface area contributed by atoms with Crippen LogP contribution < -0.4 is 4.74 Å². The fourth-order valence-corrected chi connectivity index (χ4v) is 3.75. The van der Waals surface area contributed by atoms with Crippen LogP contribution in [0.1, 0.15) is 41.3 Å². The number of aryl methyl sites for hydroxylation is 1. The number of hydrogen-bond acceptors (Lipinski definition) is 6. The Hall–Kier alpha value is -3.73. The van der Waals surface area contributed by atoms with Crippen LogP contribution in [-0.2, 0) is 0 Å². The van der Waals surface area contributed by atoms with Gasteiger partial charge in [0.1, 0.15) is 6.10 Å². The van der Waals surface area contributed by atoms with E-state index in [1.165, 1.54) is 4.80 Å². The maximum atomic E-state index is 13.6. The Morgan fingerprint density at radius 2 is 2.00 bits per heavy atom. The summed E-state index contributed by atoms with van der Waals surface area (Å²) < 4.78 is 6.01. The maximum Gasteiger partial charge on any atom is 0.256 e. The third-order valence-electron chi connectivity index (χ3n) is 5.35. The Bertz CT molecular complexity index is 1090. The number of benzene rings is 1. The number of likely N-dealkylation sites (tertiary alicyclic amines) is 1. The Labute approximate surface area is 174 Å². The van der Waals surface area contributed by atoms with Crippen molar-refractivity contribution in [1.82, 2.24) is 24.9 Å². The van der Waals surface area contributed by atoms with E-state index in [2.05, 4.69) is 21.3 Å². The lowest BCUT2D eigenvalue weighted by Crippen LogP contribution is -2.49. The number of carbonyl (C=O) groups excluding carboxylic acids is 1. The molecule has 30 heavy (non-hydrogen) atoms. The molecule has 152 valence electrons. The number of aromatic nitrogens is 4. The summed E-state index contributed by atoms with van der Waals surface area (Å²) in [7, 11) is 0. The fourth-order valence-electron chi connectivity index (χ4n) is 3.75. The van der Waals surface area contributed by atoms with E-state index in [4.69, 9.17) is 10.00 Å². The first-order valence-electron chi connectivity index (χ1n) is 9.87. The minimum atomic E-state index is -0.193. The molecule has 0 aliphatic carbocycles. The number of pyridine rings is 1. The van der Waals surface area contributed by atoms with Gasteiger partial charge in [0.25, 0.3) is 5.91 Å². The van der Waals surface area contributed by atoms with Gasteiger partial charge in [-0.1, -0.05) is 12.1 Å². The Balaban J connectivity index is 1.59. The van der Waals surface area contributed by atoms with Crippen LogP contribution in [0.5, 0.6) is 5.88 Å². The molecule has 0 unspecified atom stereocenters. The van der Waals surface area contributed by atoms with Gasteiger partial charge in [-0.2, -0.15) is 20.3 Å². The second-order valence-corrected chi connectivity index (χ2v) is 7.41. The second-order valence-electron chi connectivity index (χ2n) is 7.41. The number of ether oxygens (including phenoxy) is 1. The van der Waals surface area contributed by atoms with Crippen molar-refractivity contribution in [1.29, 1.82) is 5.26 Å². The molecule has 8 nitrogen and oxygen atoms in total. The van der Waals surface area contributed by atoms with Crippen LogP contribution in [0.2, 0.25) is 0 Å². The molecule has 1 aliphatic heterocycles. The van der Waals surface area contributed by atoms with E-state index in [-0.39, 0.29) is 18.1 Å². The standard InChI is InChI=1S/C22H22N6O2/c1-15-4-3-5-19(28-25-10-11-26-28)21(15)22(29)27-14-18(7-6-16(27)2)30-20-12-17(13-23)8-9-24-20/h3-5,8-12,16,18H,6-7,14H2,1-2H3/t16-,18-/m1/s1. The van der Waals surface area contributed by atoms with Gasteiger partial charge in [-0.15, -0.1) is 0 Å². The number of piperidine rings is 1. The van der Waals surface area contributed by atoms with Gasteiger partial charge in [-0.25, -0.2) is 4.98 Å². The van der Waals surface area contributed by atoms with Gasteiger partial charge < -0.3 is 9.64 Å². The monoisotopic (exact) mass is 402 g/mol. The molecule has 2 aromatic heterocycles. The van der Waals surface area contributed by atoms with E-state index in [0.29, 0.717) is 29.2 Å². The van der Waals surface area contributed by atoms with Crippen molar-refractivity contribution in [2.24, 2.45) is 0 Å². The van der Waals surface area contributed by atoms with Gasteiger partial charge in [-0.3, -0.25) is 4.79 Å². The van der Waals surface area contributed by atoms with Crippen molar-refractivity contribution in [3.05, 3.63) is 65.6 Å². The molecular weight excluding hydrogens is 380 g/mol. The van der Waals surface area contributed by atoms with E-state index in [0.717, 1.165) is 18.4 Å². The van der Waals surface area contributed by atoms with Crippen LogP contribution in [0.25, 0.3) is 5.69 Å². The largest absolute Gasteiger partial charge is 0.472 e. The normalized spacial score (nSPS) is 18.6. The predicted octanol–water partition coefficient (Wildman–Crippen LogP) is 2.91. The lowest BCUT2D eigenvalue weighted by molar-refractivity contribution is 0.0372. The van der Waals surface area contributed by atoms with Crippen molar-refractivity contribution in [2.45, 2.75) is 38.8 Å². The summed E-state index contributed by atoms with van der Waals surface area (Å²) in [5.74, 6) is 0.332. The smallest absolute Gasteiger partial charge is 0.256 e. The first-order chi connectivity index (χ1) is 14.6. The first kappa shape index (κ1) is 19.6. The Morgan fingerprint density at radius 3 is 2.77 bits per heavy atom. The molecule has 3 aromatic rings. The second kappa shape index (κ2) is 8.33. The van der Waals surface area contributed by atoms with E-state index < -0.39 is 0 Å². The molecule has 3 heterocycles. The molecular formula is C22H22N6O2. The summed E-state index contributed by atoms with van der Waals surface area (Å²) in [4.78, 5) is 21.1. The van der Waals surface area contributed by atoms with E-state index in [1.54, 1.807) is 30.7 Å². The van der Waals surface area contributed by atoms with Gasteiger partial charge in [0.05, 0.1) is 41.8 Å². The van der Waals surface area contributed by atoms with Gasteiger partial charge >= 0.3 is 0 Å². The molecule has 0 saturated carbocycles. The highest BCUT2D eigenvalue weighted by molar-refractivity contribution is 5.99. The highest BCUT2D eigenvalue weighted by Gasteiger charge is 2.33. The molecule has 4 rings (SSSR count). The molecule has 1 amide bonds. The quantitative estimate of drug-likeness (QED) is 0.666. The number of nitrogens with zero attached hydrogens (tertiary/aromatic N) is 6.